The number of halogens is 2. The number of carboxylic acids is 1. The zero-order chi connectivity index (χ0) is 18.0. The van der Waals surface area contributed by atoms with Gasteiger partial charge in [0.15, 0.2) is 0 Å². The Morgan fingerprint density at radius 2 is 2.00 bits per heavy atom. The number of anilines is 1. The van der Waals surface area contributed by atoms with E-state index in [-0.39, 0.29) is 10.6 Å². The van der Waals surface area contributed by atoms with Gasteiger partial charge in [-0.2, -0.15) is 0 Å². The predicted molar refractivity (Wildman–Crippen MR) is 94.6 cm³/mol. The first-order valence-corrected chi connectivity index (χ1v) is 7.94. The van der Waals surface area contributed by atoms with Crippen molar-refractivity contribution < 1.29 is 18.7 Å². The highest BCUT2D eigenvalue weighted by Gasteiger charge is 2.09. The van der Waals surface area contributed by atoms with Gasteiger partial charge in [0, 0.05) is 11.3 Å². The van der Waals surface area contributed by atoms with E-state index < -0.39 is 11.8 Å². The van der Waals surface area contributed by atoms with Gasteiger partial charge in [-0.3, -0.25) is 0 Å². The summed E-state index contributed by atoms with van der Waals surface area (Å²) in [7, 11) is 0. The summed E-state index contributed by atoms with van der Waals surface area (Å²) >= 11 is 5.79. The van der Waals surface area contributed by atoms with Crippen molar-refractivity contribution in [3.63, 3.8) is 0 Å². The number of hydrogen-bond acceptors (Lipinski definition) is 3. The summed E-state index contributed by atoms with van der Waals surface area (Å²) in [4.78, 5) is 11.0. The second-order valence-corrected chi connectivity index (χ2v) is 5.99. The molecular formula is C19H15ClFNO3. The summed E-state index contributed by atoms with van der Waals surface area (Å²) in [6.07, 6.45) is 0. The van der Waals surface area contributed by atoms with Crippen molar-refractivity contribution in [1.29, 1.82) is 0 Å². The minimum Gasteiger partial charge on any atom is -0.478 e. The molecule has 0 spiro atoms. The fourth-order valence-corrected chi connectivity index (χ4v) is 2.64. The number of rotatable bonds is 5. The maximum absolute atomic E-state index is 13.2. The first-order valence-electron chi connectivity index (χ1n) is 7.56. The number of nitrogens with one attached hydrogen (secondary N) is 1. The first-order chi connectivity index (χ1) is 11.9. The van der Waals surface area contributed by atoms with E-state index in [9.17, 15) is 9.18 Å². The van der Waals surface area contributed by atoms with Crippen molar-refractivity contribution in [3.8, 4) is 11.3 Å². The zero-order valence-electron chi connectivity index (χ0n) is 13.3. The molecule has 0 saturated heterocycles. The lowest BCUT2D eigenvalue weighted by Gasteiger charge is -2.09. The molecule has 0 amide bonds. The summed E-state index contributed by atoms with van der Waals surface area (Å²) in [5, 5.41) is 12.2. The van der Waals surface area contributed by atoms with Gasteiger partial charge in [0.1, 0.15) is 17.3 Å². The Morgan fingerprint density at radius 1 is 1.20 bits per heavy atom. The predicted octanol–water partition coefficient (Wildman–Crippen LogP) is 5.36. The molecule has 0 atom stereocenters. The van der Waals surface area contributed by atoms with Gasteiger partial charge in [-0.25, -0.2) is 9.18 Å². The van der Waals surface area contributed by atoms with Crippen LogP contribution in [-0.2, 0) is 6.54 Å². The van der Waals surface area contributed by atoms with E-state index in [0.29, 0.717) is 23.6 Å². The lowest BCUT2D eigenvalue weighted by atomic mass is 10.1. The fourth-order valence-electron chi connectivity index (χ4n) is 2.45. The second kappa shape index (κ2) is 6.99. The Balaban J connectivity index is 1.71. The SMILES string of the molecule is Cc1cc(C(=O)O)ccc1NCc1ccc(-c2ccc(F)c(Cl)c2)o1. The molecule has 3 rings (SSSR count). The average Bonchev–Trinajstić information content (AvgIpc) is 3.05. The Kier molecular flexibility index (Phi) is 4.76. The normalized spacial score (nSPS) is 10.7. The van der Waals surface area contributed by atoms with Crippen LogP contribution in [0.2, 0.25) is 5.02 Å². The standard InChI is InChI=1S/C19H15ClFNO3/c1-11-8-13(19(23)24)3-6-17(11)22-10-14-4-7-18(25-14)12-2-5-16(21)15(20)9-12/h2-9,22H,10H2,1H3,(H,23,24). The Labute approximate surface area is 148 Å². The maximum Gasteiger partial charge on any atom is 0.335 e. The van der Waals surface area contributed by atoms with Crippen molar-refractivity contribution in [2.45, 2.75) is 13.5 Å². The van der Waals surface area contributed by atoms with Crippen molar-refractivity contribution >= 4 is 23.3 Å². The van der Waals surface area contributed by atoms with Gasteiger partial charge in [-0.1, -0.05) is 11.6 Å². The molecule has 2 aromatic carbocycles. The molecule has 4 nitrogen and oxygen atoms in total. The van der Waals surface area contributed by atoms with Crippen LogP contribution in [0.5, 0.6) is 0 Å². The molecule has 0 fully saturated rings. The first kappa shape index (κ1) is 17.0. The molecular weight excluding hydrogens is 345 g/mol. The molecule has 0 aliphatic rings. The third kappa shape index (κ3) is 3.83. The largest absolute Gasteiger partial charge is 0.478 e. The number of furan rings is 1. The molecule has 2 N–H and O–H groups in total. The number of aromatic carboxylic acids is 1. The van der Waals surface area contributed by atoms with Gasteiger partial charge in [0.05, 0.1) is 17.1 Å². The summed E-state index contributed by atoms with van der Waals surface area (Å²) in [5.74, 6) is -0.142. The number of carboxylic acid groups (broad SMARTS) is 1. The lowest BCUT2D eigenvalue weighted by molar-refractivity contribution is 0.0697. The third-order valence-corrected chi connectivity index (χ3v) is 4.08. The monoisotopic (exact) mass is 359 g/mol. The van der Waals surface area contributed by atoms with Crippen molar-refractivity contribution in [3.05, 3.63) is 76.3 Å². The third-order valence-electron chi connectivity index (χ3n) is 3.79. The van der Waals surface area contributed by atoms with Gasteiger partial charge in [-0.15, -0.1) is 0 Å². The van der Waals surface area contributed by atoms with Gasteiger partial charge in [0.25, 0.3) is 0 Å². The molecule has 0 bridgehead atoms. The lowest BCUT2D eigenvalue weighted by Crippen LogP contribution is -2.02. The molecule has 3 aromatic rings. The van der Waals surface area contributed by atoms with Crippen LogP contribution in [0, 0.1) is 12.7 Å². The summed E-state index contributed by atoms with van der Waals surface area (Å²) in [6.45, 7) is 2.27. The quantitative estimate of drug-likeness (QED) is 0.644. The van der Waals surface area contributed by atoms with E-state index >= 15 is 0 Å². The van der Waals surface area contributed by atoms with E-state index in [1.165, 1.54) is 12.1 Å². The maximum atomic E-state index is 13.2. The molecule has 1 aromatic heterocycles. The summed E-state index contributed by atoms with van der Waals surface area (Å²) < 4.78 is 19.0. The van der Waals surface area contributed by atoms with Gasteiger partial charge >= 0.3 is 5.97 Å². The molecule has 25 heavy (non-hydrogen) atoms. The number of aryl methyl sites for hydroxylation is 1. The van der Waals surface area contributed by atoms with Crippen LogP contribution in [0.3, 0.4) is 0 Å². The molecule has 0 aliphatic carbocycles. The van der Waals surface area contributed by atoms with Crippen LogP contribution in [0.25, 0.3) is 11.3 Å². The Morgan fingerprint density at radius 3 is 2.68 bits per heavy atom. The van der Waals surface area contributed by atoms with E-state index in [4.69, 9.17) is 21.1 Å². The van der Waals surface area contributed by atoms with Crippen LogP contribution in [0.4, 0.5) is 10.1 Å². The van der Waals surface area contributed by atoms with E-state index in [0.717, 1.165) is 11.3 Å². The molecule has 0 unspecified atom stereocenters. The highest BCUT2D eigenvalue weighted by molar-refractivity contribution is 6.31. The van der Waals surface area contributed by atoms with Crippen LogP contribution < -0.4 is 5.32 Å². The Hall–Kier alpha value is -2.79. The molecule has 0 saturated carbocycles. The van der Waals surface area contributed by atoms with Gasteiger partial charge < -0.3 is 14.8 Å². The van der Waals surface area contributed by atoms with E-state index in [1.54, 1.807) is 30.3 Å². The molecule has 128 valence electrons. The van der Waals surface area contributed by atoms with Crippen LogP contribution in [0.1, 0.15) is 21.7 Å². The average molecular weight is 360 g/mol. The topological polar surface area (TPSA) is 62.5 Å². The van der Waals surface area contributed by atoms with Crippen molar-refractivity contribution in [2.24, 2.45) is 0 Å². The van der Waals surface area contributed by atoms with Crippen molar-refractivity contribution in [1.82, 2.24) is 0 Å². The fraction of sp³-hybridized carbons (Fsp3) is 0.105. The molecule has 0 aliphatic heterocycles. The number of carbonyl (C=O) groups is 1. The summed E-state index contributed by atoms with van der Waals surface area (Å²) in [6, 6.07) is 12.9. The highest BCUT2D eigenvalue weighted by Crippen LogP contribution is 2.27. The number of benzene rings is 2. The smallest absolute Gasteiger partial charge is 0.335 e. The minimum atomic E-state index is -0.955. The van der Waals surface area contributed by atoms with Crippen LogP contribution >= 0.6 is 11.6 Å². The molecule has 1 heterocycles. The van der Waals surface area contributed by atoms with Gasteiger partial charge in [-0.05, 0) is 61.0 Å². The zero-order valence-corrected chi connectivity index (χ0v) is 14.1. The minimum absolute atomic E-state index is 0.0442. The summed E-state index contributed by atoms with van der Waals surface area (Å²) in [5.41, 5.74) is 2.60. The van der Waals surface area contributed by atoms with Gasteiger partial charge in [0.2, 0.25) is 0 Å². The van der Waals surface area contributed by atoms with E-state index in [1.807, 2.05) is 13.0 Å². The van der Waals surface area contributed by atoms with E-state index in [2.05, 4.69) is 5.32 Å². The molecule has 6 heteroatoms. The molecule has 0 radical (unpaired) electrons. The van der Waals surface area contributed by atoms with Crippen LogP contribution in [0.15, 0.2) is 52.9 Å². The van der Waals surface area contributed by atoms with Crippen molar-refractivity contribution in [2.75, 3.05) is 5.32 Å². The number of hydrogen-bond donors (Lipinski definition) is 2. The highest BCUT2D eigenvalue weighted by atomic mass is 35.5. The van der Waals surface area contributed by atoms with Crippen LogP contribution in [-0.4, -0.2) is 11.1 Å². The second-order valence-electron chi connectivity index (χ2n) is 5.58. The Bertz CT molecular complexity index is 936.